The lowest BCUT2D eigenvalue weighted by Gasteiger charge is -2.38. The zero-order chi connectivity index (χ0) is 14.1. The highest BCUT2D eigenvalue weighted by Gasteiger charge is 2.70. The van der Waals surface area contributed by atoms with Gasteiger partial charge in [0.2, 0.25) is 0 Å². The summed E-state index contributed by atoms with van der Waals surface area (Å²) >= 11 is 26.4. The third kappa shape index (κ3) is 1.39. The summed E-state index contributed by atoms with van der Waals surface area (Å²) < 4.78 is 0. The van der Waals surface area contributed by atoms with Crippen LogP contribution in [-0.2, 0) is 0 Å². The van der Waals surface area contributed by atoms with E-state index in [-0.39, 0.29) is 0 Å². The molecular weight excluding hydrogens is 322 g/mol. The summed E-state index contributed by atoms with van der Waals surface area (Å²) in [5.41, 5.74) is 1.47. The quantitative estimate of drug-likeness (QED) is 0.572. The van der Waals surface area contributed by atoms with Gasteiger partial charge in [-0.2, -0.15) is 0 Å². The molecule has 1 aromatic rings. The Morgan fingerprint density at radius 3 is 1.95 bits per heavy atom. The Bertz CT molecular complexity index is 614. The van der Waals surface area contributed by atoms with E-state index in [1.165, 1.54) is 0 Å². The lowest BCUT2D eigenvalue weighted by Crippen LogP contribution is -2.42. The summed E-state index contributed by atoms with van der Waals surface area (Å²) in [6.45, 7) is 3.99. The minimum Gasteiger partial charge on any atom is -0.108 e. The van der Waals surface area contributed by atoms with Crippen LogP contribution in [-0.4, -0.2) is 9.75 Å². The molecular formula is C15H12Cl4. The Labute approximate surface area is 133 Å². The first-order valence-corrected chi connectivity index (χ1v) is 7.51. The van der Waals surface area contributed by atoms with Crippen molar-refractivity contribution in [2.45, 2.75) is 23.6 Å². The molecule has 1 aromatic carbocycles. The van der Waals surface area contributed by atoms with Gasteiger partial charge in [0, 0.05) is 5.41 Å². The molecule has 100 valence electrons. The van der Waals surface area contributed by atoms with Crippen molar-refractivity contribution in [3.8, 4) is 0 Å². The van der Waals surface area contributed by atoms with E-state index >= 15 is 0 Å². The van der Waals surface area contributed by atoms with Gasteiger partial charge in [0.05, 0.1) is 10.1 Å². The van der Waals surface area contributed by atoms with Crippen LogP contribution in [0.4, 0.5) is 0 Å². The van der Waals surface area contributed by atoms with E-state index in [9.17, 15) is 0 Å². The minimum absolute atomic E-state index is 0.440. The first-order chi connectivity index (χ1) is 8.77. The second-order valence-corrected chi connectivity index (χ2v) is 7.47. The Morgan fingerprint density at radius 2 is 1.47 bits per heavy atom. The number of rotatable bonds is 1. The highest BCUT2D eigenvalue weighted by atomic mass is 35.5. The fourth-order valence-electron chi connectivity index (χ4n) is 3.01. The van der Waals surface area contributed by atoms with Gasteiger partial charge in [0.25, 0.3) is 0 Å². The van der Waals surface area contributed by atoms with Crippen LogP contribution in [0, 0.1) is 5.41 Å². The van der Waals surface area contributed by atoms with Gasteiger partial charge in [-0.3, -0.25) is 0 Å². The zero-order valence-electron chi connectivity index (χ0n) is 10.5. The Kier molecular flexibility index (Phi) is 2.87. The van der Waals surface area contributed by atoms with Crippen molar-refractivity contribution in [1.29, 1.82) is 0 Å². The van der Waals surface area contributed by atoms with E-state index in [0.717, 1.165) is 11.1 Å². The summed E-state index contributed by atoms with van der Waals surface area (Å²) in [4.78, 5) is -1.70. The average molecular weight is 334 g/mol. The van der Waals surface area contributed by atoms with E-state index in [1.807, 2.05) is 50.3 Å². The van der Waals surface area contributed by atoms with Crippen LogP contribution in [0.1, 0.15) is 19.4 Å². The van der Waals surface area contributed by atoms with E-state index in [1.54, 1.807) is 0 Å². The number of alkyl halides is 2. The van der Waals surface area contributed by atoms with Crippen LogP contribution in [0.2, 0.25) is 0 Å². The van der Waals surface area contributed by atoms with Gasteiger partial charge in [0.15, 0.2) is 0 Å². The molecule has 0 saturated carbocycles. The highest BCUT2D eigenvalue weighted by molar-refractivity contribution is 6.55. The fraction of sp³-hybridized carbons (Fsp3) is 0.333. The van der Waals surface area contributed by atoms with Gasteiger partial charge in [0.1, 0.15) is 9.75 Å². The molecule has 2 aliphatic carbocycles. The van der Waals surface area contributed by atoms with E-state index < -0.39 is 15.2 Å². The molecule has 2 bridgehead atoms. The molecule has 0 nitrogen and oxygen atoms in total. The second-order valence-electron chi connectivity index (χ2n) is 5.55. The minimum atomic E-state index is -0.866. The predicted molar refractivity (Wildman–Crippen MR) is 84.1 cm³/mol. The number of hydrogen-bond acceptors (Lipinski definition) is 0. The molecule has 2 atom stereocenters. The third-order valence-electron chi connectivity index (χ3n) is 4.38. The van der Waals surface area contributed by atoms with Crippen LogP contribution in [0.5, 0.6) is 0 Å². The normalized spacial score (nSPS) is 35.8. The topological polar surface area (TPSA) is 0 Å². The van der Waals surface area contributed by atoms with Crippen molar-refractivity contribution >= 4 is 52.0 Å². The maximum Gasteiger partial charge on any atom is 0.114 e. The predicted octanol–water partition coefficient (Wildman–Crippen LogP) is 5.77. The molecule has 2 unspecified atom stereocenters. The fourth-order valence-corrected chi connectivity index (χ4v) is 4.82. The number of fused-ring (bicyclic) bond motifs is 2. The SMILES string of the molecule is CC1(C)C2(Cl)C=C(c3ccccc3)C1(Cl)C(Cl)=C2Cl. The van der Waals surface area contributed by atoms with Crippen LogP contribution in [0.15, 0.2) is 46.5 Å². The van der Waals surface area contributed by atoms with Crippen molar-refractivity contribution in [2.24, 2.45) is 5.41 Å². The summed E-state index contributed by atoms with van der Waals surface area (Å²) in [5, 5.41) is 0.882. The second kappa shape index (κ2) is 3.95. The molecule has 19 heavy (non-hydrogen) atoms. The van der Waals surface area contributed by atoms with Crippen LogP contribution in [0.3, 0.4) is 0 Å². The molecule has 2 aliphatic rings. The number of hydrogen-bond donors (Lipinski definition) is 0. The molecule has 0 heterocycles. The van der Waals surface area contributed by atoms with Crippen molar-refractivity contribution in [1.82, 2.24) is 0 Å². The van der Waals surface area contributed by atoms with Crippen molar-refractivity contribution in [2.75, 3.05) is 0 Å². The molecule has 0 fully saturated rings. The molecule has 3 rings (SSSR count). The summed E-state index contributed by atoms with van der Waals surface area (Å²) in [6, 6.07) is 9.91. The molecule has 4 heteroatoms. The van der Waals surface area contributed by atoms with Gasteiger partial charge in [-0.1, -0.05) is 73.5 Å². The number of allylic oxidation sites excluding steroid dienone is 4. The van der Waals surface area contributed by atoms with E-state index in [2.05, 4.69) is 0 Å². The molecule has 0 N–H and O–H groups in total. The third-order valence-corrected chi connectivity index (χ3v) is 7.27. The van der Waals surface area contributed by atoms with Gasteiger partial charge in [-0.15, -0.1) is 23.2 Å². The number of benzene rings is 1. The largest absolute Gasteiger partial charge is 0.114 e. The number of halogens is 4. The molecule has 0 aliphatic heterocycles. The lowest BCUT2D eigenvalue weighted by atomic mass is 9.76. The summed E-state index contributed by atoms with van der Waals surface area (Å²) in [6.07, 6.45) is 1.95. The van der Waals surface area contributed by atoms with Crippen LogP contribution < -0.4 is 0 Å². The average Bonchev–Trinajstić information content (AvgIpc) is 2.62. The van der Waals surface area contributed by atoms with Gasteiger partial charge in [-0.25, -0.2) is 0 Å². The first-order valence-electron chi connectivity index (χ1n) is 5.99. The lowest BCUT2D eigenvalue weighted by molar-refractivity contribution is 0.336. The Morgan fingerprint density at radius 1 is 0.895 bits per heavy atom. The maximum absolute atomic E-state index is 6.90. The van der Waals surface area contributed by atoms with Crippen LogP contribution in [0.25, 0.3) is 5.57 Å². The molecule has 0 aromatic heterocycles. The van der Waals surface area contributed by atoms with Gasteiger partial charge >= 0.3 is 0 Å². The van der Waals surface area contributed by atoms with Crippen molar-refractivity contribution in [3.05, 3.63) is 52.0 Å². The van der Waals surface area contributed by atoms with E-state index in [0.29, 0.717) is 10.1 Å². The Hall–Kier alpha value is -0.140. The molecule has 0 saturated heterocycles. The molecule has 0 amide bonds. The highest BCUT2D eigenvalue weighted by Crippen LogP contribution is 2.73. The Balaban J connectivity index is 2.27. The van der Waals surface area contributed by atoms with Crippen molar-refractivity contribution in [3.63, 3.8) is 0 Å². The van der Waals surface area contributed by atoms with Crippen molar-refractivity contribution < 1.29 is 0 Å². The molecule has 0 spiro atoms. The molecule has 0 radical (unpaired) electrons. The summed E-state index contributed by atoms with van der Waals surface area (Å²) in [5.74, 6) is 0. The monoisotopic (exact) mass is 332 g/mol. The first kappa shape index (κ1) is 13.8. The van der Waals surface area contributed by atoms with Crippen LogP contribution >= 0.6 is 46.4 Å². The summed E-state index contributed by atoms with van der Waals surface area (Å²) in [7, 11) is 0. The van der Waals surface area contributed by atoms with Gasteiger partial charge < -0.3 is 0 Å². The van der Waals surface area contributed by atoms with E-state index in [4.69, 9.17) is 46.4 Å². The zero-order valence-corrected chi connectivity index (χ0v) is 13.5. The standard InChI is InChI=1S/C15H12Cl4/c1-13(2)14(18)8-10(9-6-4-3-5-7-9)15(13,19)12(17)11(14)16/h3-8H,1-2H3. The smallest absolute Gasteiger partial charge is 0.108 e. The van der Waals surface area contributed by atoms with Gasteiger partial charge in [-0.05, 0) is 11.1 Å². The maximum atomic E-state index is 6.90.